The zero-order chi connectivity index (χ0) is 21.2. The van der Waals surface area contributed by atoms with Crippen molar-refractivity contribution in [1.82, 2.24) is 10.2 Å². The lowest BCUT2D eigenvalue weighted by Crippen LogP contribution is -2.47. The minimum atomic E-state index is 0.0531. The van der Waals surface area contributed by atoms with Crippen molar-refractivity contribution in [2.45, 2.75) is 12.8 Å². The molecule has 1 heterocycles. The molecule has 0 unspecified atom stereocenters. The van der Waals surface area contributed by atoms with E-state index in [1.165, 1.54) is 5.69 Å². The molecule has 0 radical (unpaired) electrons. The summed E-state index contributed by atoms with van der Waals surface area (Å²) >= 11 is 6.02. The first-order valence-electron chi connectivity index (χ1n) is 10.5. The van der Waals surface area contributed by atoms with Crippen LogP contribution in [0.3, 0.4) is 0 Å². The lowest BCUT2D eigenvalue weighted by molar-refractivity contribution is -0.120. The molecule has 162 valence electrons. The Balaban J connectivity index is 1.26. The monoisotopic (exact) mass is 430 g/mol. The molecule has 0 aromatic heterocycles. The highest BCUT2D eigenvalue weighted by Crippen LogP contribution is 2.27. The molecule has 1 aliphatic heterocycles. The van der Waals surface area contributed by atoms with Crippen molar-refractivity contribution < 1.29 is 9.53 Å². The molecule has 1 amide bonds. The first kappa shape index (κ1) is 22.2. The fraction of sp³-hybridized carbons (Fsp3) is 0.435. The van der Waals surface area contributed by atoms with Gasteiger partial charge in [0.15, 0.2) is 0 Å². The predicted octanol–water partition coefficient (Wildman–Crippen LogP) is 3.48. The van der Waals surface area contributed by atoms with E-state index in [2.05, 4.69) is 50.8 Å². The van der Waals surface area contributed by atoms with E-state index in [-0.39, 0.29) is 5.91 Å². The molecule has 1 saturated heterocycles. The molecule has 1 fully saturated rings. The van der Waals surface area contributed by atoms with Gasteiger partial charge >= 0.3 is 0 Å². The Kier molecular flexibility index (Phi) is 8.66. The predicted molar refractivity (Wildman–Crippen MR) is 124 cm³/mol. The Morgan fingerprint density at radius 1 is 1.07 bits per heavy atom. The summed E-state index contributed by atoms with van der Waals surface area (Å²) in [5, 5.41) is 6.85. The van der Waals surface area contributed by atoms with E-state index in [1.54, 1.807) is 19.2 Å². The van der Waals surface area contributed by atoms with Crippen LogP contribution in [0.2, 0.25) is 5.02 Å². The van der Waals surface area contributed by atoms with Crippen molar-refractivity contribution in [2.24, 2.45) is 0 Å². The van der Waals surface area contributed by atoms with Crippen LogP contribution in [-0.2, 0) is 4.79 Å². The Morgan fingerprint density at radius 3 is 2.57 bits per heavy atom. The van der Waals surface area contributed by atoms with Crippen molar-refractivity contribution in [3.05, 3.63) is 53.6 Å². The van der Waals surface area contributed by atoms with Crippen LogP contribution in [0.25, 0.3) is 0 Å². The van der Waals surface area contributed by atoms with Gasteiger partial charge in [-0.25, -0.2) is 0 Å². The Bertz CT molecular complexity index is 795. The molecular weight excluding hydrogens is 400 g/mol. The SMILES string of the molecule is COc1ccc(Cl)cc1NCCC(=O)NCCCN1CCN(c2ccccc2)CC1. The number of anilines is 2. The number of carbonyl (C=O) groups excluding carboxylic acids is 1. The number of nitrogens with zero attached hydrogens (tertiary/aromatic N) is 2. The number of methoxy groups -OCH3 is 1. The van der Waals surface area contributed by atoms with Gasteiger partial charge in [0.25, 0.3) is 0 Å². The lowest BCUT2D eigenvalue weighted by Gasteiger charge is -2.36. The fourth-order valence-electron chi connectivity index (χ4n) is 3.62. The Morgan fingerprint density at radius 2 is 1.83 bits per heavy atom. The van der Waals surface area contributed by atoms with Gasteiger partial charge in [0, 0.05) is 56.4 Å². The topological polar surface area (TPSA) is 56.8 Å². The molecule has 0 aliphatic carbocycles. The van der Waals surface area contributed by atoms with Gasteiger partial charge in [-0.05, 0) is 43.3 Å². The van der Waals surface area contributed by atoms with E-state index in [0.29, 0.717) is 30.3 Å². The summed E-state index contributed by atoms with van der Waals surface area (Å²) in [6, 6.07) is 16.0. The van der Waals surface area contributed by atoms with Crippen LogP contribution in [0.15, 0.2) is 48.5 Å². The molecule has 2 N–H and O–H groups in total. The van der Waals surface area contributed by atoms with Gasteiger partial charge < -0.3 is 20.3 Å². The highest BCUT2D eigenvalue weighted by molar-refractivity contribution is 6.30. The van der Waals surface area contributed by atoms with E-state index in [0.717, 1.165) is 44.8 Å². The normalized spacial score (nSPS) is 14.4. The van der Waals surface area contributed by atoms with Crippen molar-refractivity contribution >= 4 is 28.9 Å². The molecular formula is C23H31ClN4O2. The molecule has 6 nitrogen and oxygen atoms in total. The zero-order valence-corrected chi connectivity index (χ0v) is 18.3. The van der Waals surface area contributed by atoms with E-state index in [4.69, 9.17) is 16.3 Å². The van der Waals surface area contributed by atoms with E-state index >= 15 is 0 Å². The second kappa shape index (κ2) is 11.7. The Labute approximate surface area is 184 Å². The number of amides is 1. The van der Waals surface area contributed by atoms with Crippen LogP contribution in [0.5, 0.6) is 5.75 Å². The third-order valence-corrected chi connectivity index (χ3v) is 5.53. The van der Waals surface area contributed by atoms with Crippen LogP contribution in [-0.4, -0.2) is 63.7 Å². The first-order valence-corrected chi connectivity index (χ1v) is 10.9. The Hall–Kier alpha value is -2.44. The van der Waals surface area contributed by atoms with Gasteiger partial charge in [0.2, 0.25) is 5.91 Å². The van der Waals surface area contributed by atoms with Crippen LogP contribution >= 0.6 is 11.6 Å². The van der Waals surface area contributed by atoms with E-state index in [9.17, 15) is 4.79 Å². The number of para-hydroxylation sites is 1. The maximum Gasteiger partial charge on any atom is 0.221 e. The quantitative estimate of drug-likeness (QED) is 0.565. The number of benzene rings is 2. The van der Waals surface area contributed by atoms with Gasteiger partial charge in [0.05, 0.1) is 12.8 Å². The second-order valence-electron chi connectivity index (χ2n) is 7.39. The number of ether oxygens (including phenoxy) is 1. The standard InChI is InChI=1S/C23H31ClN4O2/c1-30-22-9-8-19(24)18-21(22)25-12-10-23(29)26-11-5-13-27-14-16-28(17-15-27)20-6-3-2-4-7-20/h2-4,6-9,18,25H,5,10-17H2,1H3,(H,26,29). The maximum absolute atomic E-state index is 12.1. The van der Waals surface area contributed by atoms with Gasteiger partial charge in [0.1, 0.15) is 5.75 Å². The van der Waals surface area contributed by atoms with Gasteiger partial charge in [-0.2, -0.15) is 0 Å². The van der Waals surface area contributed by atoms with Crippen LogP contribution in [0, 0.1) is 0 Å². The summed E-state index contributed by atoms with van der Waals surface area (Å²) in [5.74, 6) is 0.768. The molecule has 3 rings (SSSR count). The highest BCUT2D eigenvalue weighted by atomic mass is 35.5. The van der Waals surface area contributed by atoms with Gasteiger partial charge in [-0.1, -0.05) is 29.8 Å². The molecule has 2 aromatic carbocycles. The number of hydrogen-bond acceptors (Lipinski definition) is 5. The first-order chi connectivity index (χ1) is 14.7. The highest BCUT2D eigenvalue weighted by Gasteiger charge is 2.16. The van der Waals surface area contributed by atoms with Crippen LogP contribution in [0.1, 0.15) is 12.8 Å². The number of halogens is 1. The summed E-state index contributed by atoms with van der Waals surface area (Å²) in [6.07, 6.45) is 1.37. The molecule has 2 aromatic rings. The maximum atomic E-state index is 12.1. The van der Waals surface area contributed by atoms with Crippen molar-refractivity contribution in [3.8, 4) is 5.75 Å². The van der Waals surface area contributed by atoms with Crippen molar-refractivity contribution in [3.63, 3.8) is 0 Å². The summed E-state index contributed by atoms with van der Waals surface area (Å²) in [7, 11) is 1.61. The summed E-state index contributed by atoms with van der Waals surface area (Å²) in [5.41, 5.74) is 2.10. The molecule has 30 heavy (non-hydrogen) atoms. The van der Waals surface area contributed by atoms with E-state index < -0.39 is 0 Å². The van der Waals surface area contributed by atoms with E-state index in [1.807, 2.05) is 6.07 Å². The lowest BCUT2D eigenvalue weighted by atomic mass is 10.2. The fourth-order valence-corrected chi connectivity index (χ4v) is 3.79. The van der Waals surface area contributed by atoms with Gasteiger partial charge in [-0.3, -0.25) is 9.69 Å². The van der Waals surface area contributed by atoms with Gasteiger partial charge in [-0.15, -0.1) is 0 Å². The minimum absolute atomic E-state index is 0.0531. The number of rotatable bonds is 10. The minimum Gasteiger partial charge on any atom is -0.495 e. The molecule has 0 saturated carbocycles. The summed E-state index contributed by atoms with van der Waals surface area (Å²) < 4.78 is 5.30. The average molecular weight is 431 g/mol. The summed E-state index contributed by atoms with van der Waals surface area (Å²) in [4.78, 5) is 17.0. The number of piperazine rings is 1. The zero-order valence-electron chi connectivity index (χ0n) is 17.6. The molecule has 7 heteroatoms. The van der Waals surface area contributed by atoms with Crippen molar-refractivity contribution in [2.75, 3.05) is 63.1 Å². The number of nitrogens with one attached hydrogen (secondary N) is 2. The summed E-state index contributed by atoms with van der Waals surface area (Å²) in [6.45, 7) is 6.48. The third kappa shape index (κ3) is 6.82. The molecule has 0 bridgehead atoms. The smallest absolute Gasteiger partial charge is 0.221 e. The molecule has 0 spiro atoms. The average Bonchev–Trinajstić information content (AvgIpc) is 2.78. The number of carbonyl (C=O) groups is 1. The largest absolute Gasteiger partial charge is 0.495 e. The second-order valence-corrected chi connectivity index (χ2v) is 7.83. The van der Waals surface area contributed by atoms with Crippen molar-refractivity contribution in [1.29, 1.82) is 0 Å². The van der Waals surface area contributed by atoms with Crippen LogP contribution < -0.4 is 20.3 Å². The number of hydrogen-bond donors (Lipinski definition) is 2. The molecule has 1 aliphatic rings. The van der Waals surface area contributed by atoms with Crippen LogP contribution in [0.4, 0.5) is 11.4 Å². The third-order valence-electron chi connectivity index (χ3n) is 5.30. The molecule has 0 atom stereocenters.